The highest BCUT2D eigenvalue weighted by molar-refractivity contribution is 8.06. The lowest BCUT2D eigenvalue weighted by Crippen LogP contribution is -2.29. The summed E-state index contributed by atoms with van der Waals surface area (Å²) >= 11 is 1.24. The van der Waals surface area contributed by atoms with E-state index in [0.29, 0.717) is 17.2 Å². The number of carbonyl (C=O) groups excluding carboxylic acids is 1. The Morgan fingerprint density at radius 1 is 1.07 bits per heavy atom. The van der Waals surface area contributed by atoms with E-state index in [1.54, 1.807) is 12.1 Å². The molecule has 3 rings (SSSR count). The fourth-order valence-corrected chi connectivity index (χ4v) is 3.52. The first kappa shape index (κ1) is 18.8. The van der Waals surface area contributed by atoms with E-state index < -0.39 is 11.9 Å². The Morgan fingerprint density at radius 3 is 2.41 bits per heavy atom. The minimum Gasteiger partial charge on any atom is -0.484 e. The normalized spacial score (nSPS) is 13.7. The van der Waals surface area contributed by atoms with Crippen LogP contribution in [0.2, 0.25) is 0 Å². The fourth-order valence-electron chi connectivity index (χ4n) is 2.57. The van der Waals surface area contributed by atoms with Crippen molar-refractivity contribution in [2.45, 2.75) is 13.3 Å². The molecule has 2 aromatic carbocycles. The SMILES string of the molecule is CC1=CCC(C(=O)O)=C(NC(=O)COc2ccc(-c3ccccc3)cc2)S1. The fraction of sp³-hybridized carbons (Fsp3) is 0.143. The number of ether oxygens (including phenoxy) is 1. The summed E-state index contributed by atoms with van der Waals surface area (Å²) < 4.78 is 5.52. The van der Waals surface area contributed by atoms with Gasteiger partial charge in [-0.05, 0) is 35.1 Å². The van der Waals surface area contributed by atoms with Crippen LogP contribution in [-0.2, 0) is 9.59 Å². The zero-order valence-electron chi connectivity index (χ0n) is 14.8. The zero-order chi connectivity index (χ0) is 19.2. The minimum atomic E-state index is -1.03. The molecule has 0 unspecified atom stereocenters. The minimum absolute atomic E-state index is 0.186. The summed E-state index contributed by atoms with van der Waals surface area (Å²) in [7, 11) is 0. The van der Waals surface area contributed by atoms with Gasteiger partial charge in [-0.2, -0.15) is 0 Å². The van der Waals surface area contributed by atoms with Crippen LogP contribution in [0.25, 0.3) is 11.1 Å². The topological polar surface area (TPSA) is 75.6 Å². The number of thioether (sulfide) groups is 1. The molecule has 1 heterocycles. The van der Waals surface area contributed by atoms with Crippen LogP contribution in [-0.4, -0.2) is 23.6 Å². The van der Waals surface area contributed by atoms with E-state index in [0.717, 1.165) is 16.0 Å². The largest absolute Gasteiger partial charge is 0.484 e. The first-order chi connectivity index (χ1) is 13.0. The van der Waals surface area contributed by atoms with Crippen LogP contribution in [0.4, 0.5) is 0 Å². The van der Waals surface area contributed by atoms with Gasteiger partial charge >= 0.3 is 5.97 Å². The van der Waals surface area contributed by atoms with Crippen molar-refractivity contribution in [2.24, 2.45) is 0 Å². The molecule has 0 saturated carbocycles. The summed E-state index contributed by atoms with van der Waals surface area (Å²) in [6.07, 6.45) is 2.13. The van der Waals surface area contributed by atoms with Gasteiger partial charge in [0.15, 0.2) is 6.61 Å². The first-order valence-corrected chi connectivity index (χ1v) is 9.24. The molecule has 0 fully saturated rings. The van der Waals surface area contributed by atoms with E-state index in [9.17, 15) is 14.7 Å². The van der Waals surface area contributed by atoms with Gasteiger partial charge in [-0.1, -0.05) is 60.3 Å². The quantitative estimate of drug-likeness (QED) is 0.785. The van der Waals surface area contributed by atoms with Crippen molar-refractivity contribution in [2.75, 3.05) is 6.61 Å². The second-order valence-electron chi connectivity index (χ2n) is 5.96. The molecule has 138 valence electrons. The molecule has 6 heteroatoms. The summed E-state index contributed by atoms with van der Waals surface area (Å²) in [6, 6.07) is 17.4. The maximum absolute atomic E-state index is 12.2. The van der Waals surface area contributed by atoms with Crippen LogP contribution in [0.1, 0.15) is 13.3 Å². The van der Waals surface area contributed by atoms with E-state index >= 15 is 0 Å². The number of carbonyl (C=O) groups is 2. The molecule has 1 aliphatic rings. The number of carboxylic acid groups (broad SMARTS) is 1. The Hall–Kier alpha value is -2.99. The average Bonchev–Trinajstić information content (AvgIpc) is 2.67. The van der Waals surface area contributed by atoms with E-state index in [2.05, 4.69) is 5.32 Å². The van der Waals surface area contributed by atoms with Crippen LogP contribution in [0, 0.1) is 0 Å². The molecule has 0 spiro atoms. The molecule has 1 aliphatic heterocycles. The van der Waals surface area contributed by atoms with Gasteiger partial charge in [-0.15, -0.1) is 0 Å². The molecule has 0 aromatic heterocycles. The lowest BCUT2D eigenvalue weighted by molar-refractivity contribution is -0.132. The summed E-state index contributed by atoms with van der Waals surface area (Å²) in [6.45, 7) is 1.69. The van der Waals surface area contributed by atoms with Gasteiger partial charge in [0.2, 0.25) is 0 Å². The number of carboxylic acids is 1. The number of benzene rings is 2. The van der Waals surface area contributed by atoms with Gasteiger partial charge in [0.05, 0.1) is 10.6 Å². The van der Waals surface area contributed by atoms with E-state index in [-0.39, 0.29) is 12.2 Å². The van der Waals surface area contributed by atoms with Crippen LogP contribution in [0.5, 0.6) is 5.75 Å². The number of hydrogen-bond donors (Lipinski definition) is 2. The Balaban J connectivity index is 1.58. The van der Waals surface area contributed by atoms with Gasteiger partial charge in [0.1, 0.15) is 5.75 Å². The highest BCUT2D eigenvalue weighted by Crippen LogP contribution is 2.32. The lowest BCUT2D eigenvalue weighted by Gasteiger charge is -2.17. The molecular weight excluding hydrogens is 362 g/mol. The standard InChI is InChI=1S/C21H19NO4S/c1-14-7-12-18(21(24)25)20(27-14)22-19(23)13-26-17-10-8-16(9-11-17)15-5-3-2-4-6-15/h2-11H,12-13H2,1H3,(H,22,23)(H,24,25). The van der Waals surface area contributed by atoms with E-state index in [1.165, 1.54) is 11.8 Å². The first-order valence-electron chi connectivity index (χ1n) is 8.42. The summed E-state index contributed by atoms with van der Waals surface area (Å²) in [5.41, 5.74) is 2.35. The third kappa shape index (κ3) is 5.01. The smallest absolute Gasteiger partial charge is 0.334 e. The maximum Gasteiger partial charge on any atom is 0.334 e. The highest BCUT2D eigenvalue weighted by atomic mass is 32.2. The number of allylic oxidation sites excluding steroid dienone is 2. The Bertz CT molecular complexity index is 902. The summed E-state index contributed by atoms with van der Waals surface area (Å²) in [5.74, 6) is -0.846. The van der Waals surface area contributed by atoms with Gasteiger partial charge < -0.3 is 15.2 Å². The predicted molar refractivity (Wildman–Crippen MR) is 106 cm³/mol. The third-order valence-corrected chi connectivity index (χ3v) is 5.01. The van der Waals surface area contributed by atoms with Gasteiger partial charge in [0, 0.05) is 6.42 Å². The molecule has 0 radical (unpaired) electrons. The van der Waals surface area contributed by atoms with Gasteiger partial charge in [-0.25, -0.2) is 4.79 Å². The van der Waals surface area contributed by atoms with Gasteiger partial charge in [-0.3, -0.25) is 4.79 Å². The molecule has 1 amide bonds. The molecule has 0 saturated heterocycles. The number of hydrogen-bond acceptors (Lipinski definition) is 4. The maximum atomic E-state index is 12.2. The second kappa shape index (κ2) is 8.60. The molecule has 0 bridgehead atoms. The molecule has 27 heavy (non-hydrogen) atoms. The number of amides is 1. The number of nitrogens with one attached hydrogen (secondary N) is 1. The number of rotatable bonds is 6. The molecule has 2 aromatic rings. The van der Waals surface area contributed by atoms with Crippen molar-refractivity contribution < 1.29 is 19.4 Å². The monoisotopic (exact) mass is 381 g/mol. The second-order valence-corrected chi connectivity index (χ2v) is 7.22. The van der Waals surface area contributed by atoms with Crippen molar-refractivity contribution in [3.05, 3.63) is 76.2 Å². The van der Waals surface area contributed by atoms with Gasteiger partial charge in [0.25, 0.3) is 5.91 Å². The summed E-state index contributed by atoms with van der Waals surface area (Å²) in [5, 5.41) is 12.3. The van der Waals surface area contributed by atoms with Crippen LogP contribution in [0.3, 0.4) is 0 Å². The molecular formula is C21H19NO4S. The zero-order valence-corrected chi connectivity index (χ0v) is 15.6. The van der Waals surface area contributed by atoms with Crippen LogP contribution >= 0.6 is 11.8 Å². The van der Waals surface area contributed by atoms with Crippen molar-refractivity contribution >= 4 is 23.6 Å². The van der Waals surface area contributed by atoms with Crippen molar-refractivity contribution in [3.8, 4) is 16.9 Å². The summed E-state index contributed by atoms with van der Waals surface area (Å²) in [4.78, 5) is 24.4. The Labute approximate surface area is 161 Å². The van der Waals surface area contributed by atoms with Crippen molar-refractivity contribution in [1.82, 2.24) is 5.32 Å². The molecule has 2 N–H and O–H groups in total. The Kier molecular flexibility index (Phi) is 5.98. The molecule has 0 aliphatic carbocycles. The van der Waals surface area contributed by atoms with Crippen molar-refractivity contribution in [3.63, 3.8) is 0 Å². The third-order valence-electron chi connectivity index (χ3n) is 3.97. The van der Waals surface area contributed by atoms with Crippen LogP contribution in [0.15, 0.2) is 76.2 Å². The lowest BCUT2D eigenvalue weighted by atomic mass is 10.1. The van der Waals surface area contributed by atoms with E-state index in [1.807, 2.05) is 55.5 Å². The number of aliphatic carboxylic acids is 1. The van der Waals surface area contributed by atoms with Crippen LogP contribution < -0.4 is 10.1 Å². The highest BCUT2D eigenvalue weighted by Gasteiger charge is 2.20. The van der Waals surface area contributed by atoms with E-state index in [4.69, 9.17) is 4.74 Å². The molecule has 5 nitrogen and oxygen atoms in total. The predicted octanol–water partition coefficient (Wildman–Crippen LogP) is 4.19. The Morgan fingerprint density at radius 2 is 1.74 bits per heavy atom. The molecule has 0 atom stereocenters. The average molecular weight is 381 g/mol. The van der Waals surface area contributed by atoms with Crippen molar-refractivity contribution in [1.29, 1.82) is 0 Å².